The minimum Gasteiger partial charge on any atom is -0.480 e. The van der Waals surface area contributed by atoms with Crippen LogP contribution in [-0.4, -0.2) is 51.7 Å². The van der Waals surface area contributed by atoms with Gasteiger partial charge < -0.3 is 20.6 Å². The van der Waals surface area contributed by atoms with E-state index < -0.39 is 30.1 Å². The molecule has 0 aliphatic rings. The smallest absolute Gasteiger partial charge is 0.417 e. The van der Waals surface area contributed by atoms with Gasteiger partial charge in [-0.3, -0.25) is 4.79 Å². The van der Waals surface area contributed by atoms with E-state index in [0.717, 1.165) is 33.7 Å². The maximum atomic E-state index is 13.6. The van der Waals surface area contributed by atoms with Crippen molar-refractivity contribution in [2.75, 3.05) is 6.61 Å². The quantitative estimate of drug-likeness (QED) is 0.272. The van der Waals surface area contributed by atoms with Gasteiger partial charge in [0, 0.05) is 23.5 Å². The van der Waals surface area contributed by atoms with Crippen LogP contribution in [0.5, 0.6) is 0 Å². The number of aliphatic carboxylic acids is 1. The molecule has 0 aliphatic carbocycles. The Morgan fingerprint density at radius 2 is 1.73 bits per heavy atom. The van der Waals surface area contributed by atoms with Gasteiger partial charge >= 0.3 is 12.1 Å². The highest BCUT2D eigenvalue weighted by atomic mass is 16.6. The van der Waals surface area contributed by atoms with E-state index in [9.17, 15) is 19.5 Å². The number of unbranched alkanes of at least 4 members (excludes halogenated alkanes) is 1. The lowest BCUT2D eigenvalue weighted by Crippen LogP contribution is -2.55. The third-order valence-corrected chi connectivity index (χ3v) is 6.43. The molecule has 1 heterocycles. The number of ether oxygens (including phenoxy) is 1. The molecule has 0 saturated carbocycles. The van der Waals surface area contributed by atoms with E-state index in [1.54, 1.807) is 12.3 Å². The van der Waals surface area contributed by atoms with Gasteiger partial charge in [-0.15, -0.1) is 0 Å². The van der Waals surface area contributed by atoms with Crippen LogP contribution in [0.1, 0.15) is 30.9 Å². The van der Waals surface area contributed by atoms with Crippen molar-refractivity contribution in [3.8, 4) is 0 Å². The second-order valence-electron chi connectivity index (χ2n) is 9.09. The molecular formula is C29H31N3O5. The fourth-order valence-corrected chi connectivity index (χ4v) is 4.43. The van der Waals surface area contributed by atoms with E-state index in [2.05, 4.69) is 4.98 Å². The Morgan fingerprint density at radius 3 is 2.49 bits per heavy atom. The van der Waals surface area contributed by atoms with Crippen molar-refractivity contribution in [2.24, 2.45) is 5.73 Å². The molecule has 192 valence electrons. The zero-order valence-electron chi connectivity index (χ0n) is 20.7. The Hall–Kier alpha value is -4.17. The van der Waals surface area contributed by atoms with E-state index in [0.29, 0.717) is 16.9 Å². The van der Waals surface area contributed by atoms with Crippen LogP contribution in [0.25, 0.3) is 21.7 Å². The molecule has 2 atom stereocenters. The number of para-hydroxylation sites is 1. The lowest BCUT2D eigenvalue weighted by Gasteiger charge is -2.29. The average molecular weight is 502 g/mol. The lowest BCUT2D eigenvalue weighted by atomic mass is 9.99. The molecule has 4 aromatic rings. The van der Waals surface area contributed by atoms with Crippen LogP contribution in [0.4, 0.5) is 4.79 Å². The zero-order chi connectivity index (χ0) is 26.4. The number of carbonyl (C=O) groups excluding carboxylic acids is 2. The molecular weight excluding hydrogens is 470 g/mol. The number of rotatable bonds is 10. The van der Waals surface area contributed by atoms with Crippen LogP contribution in [0.2, 0.25) is 0 Å². The molecule has 0 bridgehead atoms. The number of hydrogen-bond acceptors (Lipinski definition) is 5. The van der Waals surface area contributed by atoms with E-state index in [4.69, 9.17) is 10.5 Å². The second kappa shape index (κ2) is 11.7. The molecule has 37 heavy (non-hydrogen) atoms. The fraction of sp³-hybridized carbons (Fsp3) is 0.276. The summed E-state index contributed by atoms with van der Waals surface area (Å²) in [6, 6.07) is 18.2. The van der Waals surface area contributed by atoms with Gasteiger partial charge in [0.05, 0.1) is 12.6 Å². The number of nitrogens with two attached hydrogens (primary N) is 1. The minimum atomic E-state index is -1.48. The van der Waals surface area contributed by atoms with E-state index in [1.165, 1.54) is 0 Å². The molecule has 0 spiro atoms. The minimum absolute atomic E-state index is 0.0748. The van der Waals surface area contributed by atoms with Crippen LogP contribution in [0.3, 0.4) is 0 Å². The highest BCUT2D eigenvalue weighted by Crippen LogP contribution is 2.22. The highest BCUT2D eigenvalue weighted by Gasteiger charge is 2.38. The number of imide groups is 1. The Bertz CT molecular complexity index is 1410. The molecule has 2 amide bonds. The number of carboxylic acid groups (broad SMARTS) is 1. The topological polar surface area (TPSA) is 126 Å². The normalized spacial score (nSPS) is 12.8. The number of nitrogens with zero attached hydrogens (tertiary/aromatic N) is 1. The number of fused-ring (bicyclic) bond motifs is 2. The van der Waals surface area contributed by atoms with Gasteiger partial charge in [-0.1, -0.05) is 74.0 Å². The Kier molecular flexibility index (Phi) is 8.20. The summed E-state index contributed by atoms with van der Waals surface area (Å²) in [5.74, 6) is -2.10. The van der Waals surface area contributed by atoms with E-state index in [1.807, 2.05) is 67.6 Å². The summed E-state index contributed by atoms with van der Waals surface area (Å²) in [7, 11) is 0. The first kappa shape index (κ1) is 25.9. The maximum Gasteiger partial charge on any atom is 0.417 e. The summed E-state index contributed by atoms with van der Waals surface area (Å²) in [6.07, 6.45) is 2.20. The number of H-pyrrole nitrogens is 1. The zero-order valence-corrected chi connectivity index (χ0v) is 20.7. The van der Waals surface area contributed by atoms with Crippen molar-refractivity contribution in [3.05, 3.63) is 84.1 Å². The van der Waals surface area contributed by atoms with Crippen LogP contribution in [0.15, 0.2) is 72.9 Å². The Morgan fingerprint density at radius 1 is 1.00 bits per heavy atom. The number of carbonyl (C=O) groups is 3. The van der Waals surface area contributed by atoms with Gasteiger partial charge in [-0.05, 0) is 40.8 Å². The average Bonchev–Trinajstić information content (AvgIpc) is 3.30. The molecule has 3 aromatic carbocycles. The predicted octanol–water partition coefficient (Wildman–Crippen LogP) is 4.65. The first-order valence-corrected chi connectivity index (χ1v) is 12.4. The summed E-state index contributed by atoms with van der Waals surface area (Å²) in [5.41, 5.74) is 8.67. The third kappa shape index (κ3) is 5.98. The van der Waals surface area contributed by atoms with Crippen LogP contribution in [0, 0.1) is 0 Å². The number of carboxylic acids is 1. The molecule has 4 N–H and O–H groups in total. The summed E-state index contributed by atoms with van der Waals surface area (Å²) in [6.45, 7) is 2.02. The van der Waals surface area contributed by atoms with Gasteiger partial charge in [0.15, 0.2) is 0 Å². The molecule has 4 rings (SSSR count). The van der Waals surface area contributed by atoms with Gasteiger partial charge in [0.1, 0.15) is 6.04 Å². The maximum absolute atomic E-state index is 13.6. The molecule has 1 aromatic heterocycles. The first-order valence-electron chi connectivity index (χ1n) is 12.4. The summed E-state index contributed by atoms with van der Waals surface area (Å²) >= 11 is 0. The monoisotopic (exact) mass is 501 g/mol. The van der Waals surface area contributed by atoms with Crippen LogP contribution < -0.4 is 5.73 Å². The van der Waals surface area contributed by atoms with Crippen molar-refractivity contribution in [1.29, 1.82) is 0 Å². The number of hydrogen-bond donors (Lipinski definition) is 3. The predicted molar refractivity (Wildman–Crippen MR) is 142 cm³/mol. The number of nitrogens with one attached hydrogen (secondary N) is 1. The van der Waals surface area contributed by atoms with Crippen molar-refractivity contribution < 1.29 is 24.2 Å². The summed E-state index contributed by atoms with van der Waals surface area (Å²) in [4.78, 5) is 42.9. The highest BCUT2D eigenvalue weighted by molar-refractivity contribution is 5.99. The second-order valence-corrected chi connectivity index (χ2v) is 9.09. The number of aromatic nitrogens is 1. The van der Waals surface area contributed by atoms with Crippen LogP contribution >= 0.6 is 0 Å². The van der Waals surface area contributed by atoms with Crippen molar-refractivity contribution in [1.82, 2.24) is 9.88 Å². The van der Waals surface area contributed by atoms with Crippen molar-refractivity contribution in [2.45, 2.75) is 44.7 Å². The standard InChI is InChI=1S/C29H31N3O5/c1-2-3-14-37-29(36)32(27(33)24(30)17-22-18-31-25-11-7-6-10-23(22)25)26(28(34)35)16-19-12-13-20-8-4-5-9-21(20)15-19/h4-13,15,18,24,26,31H,2-3,14,16-17,30H2,1H3,(H,34,35)/t24-,26-/m0/s1. The van der Waals surface area contributed by atoms with Crippen molar-refractivity contribution >= 4 is 39.6 Å². The molecule has 0 radical (unpaired) electrons. The van der Waals surface area contributed by atoms with Gasteiger partial charge in [0.2, 0.25) is 5.91 Å². The van der Waals surface area contributed by atoms with E-state index in [-0.39, 0.29) is 19.4 Å². The van der Waals surface area contributed by atoms with Crippen LogP contribution in [-0.2, 0) is 27.2 Å². The summed E-state index contributed by atoms with van der Waals surface area (Å²) in [5, 5.41) is 13.0. The number of benzene rings is 3. The number of aromatic amines is 1. The largest absolute Gasteiger partial charge is 0.480 e. The van der Waals surface area contributed by atoms with E-state index >= 15 is 0 Å². The van der Waals surface area contributed by atoms with Gasteiger partial charge in [-0.2, -0.15) is 0 Å². The first-order chi connectivity index (χ1) is 17.9. The Balaban J connectivity index is 1.62. The molecule has 8 heteroatoms. The summed E-state index contributed by atoms with van der Waals surface area (Å²) < 4.78 is 5.30. The third-order valence-electron chi connectivity index (χ3n) is 6.43. The fourth-order valence-electron chi connectivity index (χ4n) is 4.43. The molecule has 0 saturated heterocycles. The molecule has 0 aliphatic heterocycles. The van der Waals surface area contributed by atoms with Crippen molar-refractivity contribution in [3.63, 3.8) is 0 Å². The molecule has 0 fully saturated rings. The number of amides is 2. The van der Waals surface area contributed by atoms with Gasteiger partial charge in [-0.25, -0.2) is 14.5 Å². The molecule has 0 unspecified atom stereocenters. The Labute approximate surface area is 215 Å². The molecule has 8 nitrogen and oxygen atoms in total. The lowest BCUT2D eigenvalue weighted by molar-refractivity contribution is -0.149. The van der Waals surface area contributed by atoms with Gasteiger partial charge in [0.25, 0.3) is 0 Å². The SMILES string of the molecule is CCCCOC(=O)N(C(=O)[C@@H](N)Cc1c[nH]c2ccccc12)[C@@H](Cc1ccc2ccccc2c1)C(=O)O.